The van der Waals surface area contributed by atoms with Crippen LogP contribution in [0.15, 0.2) is 64.7 Å². The van der Waals surface area contributed by atoms with Gasteiger partial charge in [-0.2, -0.15) is 0 Å². The Morgan fingerprint density at radius 3 is 2.66 bits per heavy atom. The van der Waals surface area contributed by atoms with Gasteiger partial charge in [0, 0.05) is 29.2 Å². The van der Waals surface area contributed by atoms with Crippen molar-refractivity contribution in [1.29, 1.82) is 0 Å². The van der Waals surface area contributed by atoms with Crippen LogP contribution in [0.3, 0.4) is 0 Å². The van der Waals surface area contributed by atoms with Crippen molar-refractivity contribution in [1.82, 2.24) is 0 Å². The molecule has 162 valence electrons. The number of aromatic hydroxyl groups is 1. The van der Waals surface area contributed by atoms with Crippen LogP contribution >= 0.6 is 0 Å². The van der Waals surface area contributed by atoms with Crippen LogP contribution in [0.25, 0.3) is 6.08 Å². The molecule has 1 heterocycles. The summed E-state index contributed by atoms with van der Waals surface area (Å²) in [7, 11) is 0. The Morgan fingerprint density at radius 2 is 1.94 bits per heavy atom. The third-order valence-electron chi connectivity index (χ3n) is 6.48. The summed E-state index contributed by atoms with van der Waals surface area (Å²) in [6.45, 7) is 4.33. The lowest BCUT2D eigenvalue weighted by Gasteiger charge is -2.43. The van der Waals surface area contributed by atoms with E-state index in [0.717, 1.165) is 29.6 Å². The molecular weight excluding hydrogens is 406 g/mol. The molecule has 5 rings (SSSR count). The topological polar surface area (TPSA) is 105 Å². The Bertz CT molecular complexity index is 1240. The number of carbonyl (C=O) groups is 1. The average Bonchev–Trinajstić information content (AvgIpc) is 2.76. The fourth-order valence-corrected chi connectivity index (χ4v) is 4.85. The third-order valence-corrected chi connectivity index (χ3v) is 6.48. The number of rotatable bonds is 2. The third kappa shape index (κ3) is 3.30. The first kappa shape index (κ1) is 20.2. The van der Waals surface area contributed by atoms with E-state index >= 15 is 0 Å². The summed E-state index contributed by atoms with van der Waals surface area (Å²) >= 11 is 0. The Kier molecular flexibility index (Phi) is 4.51. The van der Waals surface area contributed by atoms with Crippen molar-refractivity contribution in [3.05, 3.63) is 75.4 Å². The second kappa shape index (κ2) is 7.15. The lowest BCUT2D eigenvalue weighted by Crippen LogP contribution is -2.47. The zero-order valence-corrected chi connectivity index (χ0v) is 17.8. The first-order valence-corrected chi connectivity index (χ1v) is 10.6. The van der Waals surface area contributed by atoms with E-state index in [1.807, 2.05) is 12.1 Å². The highest BCUT2D eigenvalue weighted by Crippen LogP contribution is 2.47. The minimum Gasteiger partial charge on any atom is -0.506 e. The molecule has 0 spiro atoms. The molecule has 0 amide bonds. The number of fused-ring (bicyclic) bond motifs is 4. The molecule has 2 atom stereocenters. The van der Waals surface area contributed by atoms with E-state index in [9.17, 15) is 20.0 Å². The number of phenols is 1. The number of nitro benzene ring substituents is 1. The fraction of sp³-hybridized carbons (Fsp3) is 0.280. The zero-order chi connectivity index (χ0) is 22.6. The molecule has 0 radical (unpaired) electrons. The highest BCUT2D eigenvalue weighted by Gasteiger charge is 2.45. The Balaban J connectivity index is 1.67. The van der Waals surface area contributed by atoms with Crippen LogP contribution in [-0.2, 0) is 4.79 Å². The first-order valence-electron chi connectivity index (χ1n) is 10.6. The monoisotopic (exact) mass is 429 g/mol. The second-order valence-electron chi connectivity index (χ2n) is 9.24. The molecule has 3 aliphatic rings. The number of allylic oxidation sites excluding steroid dienone is 1. The summed E-state index contributed by atoms with van der Waals surface area (Å²) in [5.74, 6) is -0.143. The highest BCUT2D eigenvalue weighted by molar-refractivity contribution is 6.50. The van der Waals surface area contributed by atoms with Crippen LogP contribution < -0.4 is 5.32 Å². The molecule has 7 nitrogen and oxygen atoms in total. The number of hydrogen-bond acceptors (Lipinski definition) is 6. The maximum absolute atomic E-state index is 13.6. The number of para-hydroxylation sites is 1. The number of hydrogen-bond donors (Lipinski definition) is 2. The molecule has 2 N–H and O–H groups in total. The van der Waals surface area contributed by atoms with E-state index in [4.69, 9.17) is 0 Å². The van der Waals surface area contributed by atoms with Crippen LogP contribution in [0.2, 0.25) is 0 Å². The van der Waals surface area contributed by atoms with Crippen molar-refractivity contribution < 1.29 is 14.8 Å². The SMILES string of the molecule is CC1(C)C=C2C(CC1)C(=O)C(=Nc1ccc([N+](=O)[O-])cc1)C1=Cc3cccc(O)c3NC12. The fourth-order valence-electron chi connectivity index (χ4n) is 4.85. The lowest BCUT2D eigenvalue weighted by atomic mass is 9.65. The normalized spacial score (nSPS) is 24.4. The van der Waals surface area contributed by atoms with Crippen molar-refractivity contribution in [3.8, 4) is 5.75 Å². The van der Waals surface area contributed by atoms with Crippen molar-refractivity contribution in [2.24, 2.45) is 16.3 Å². The van der Waals surface area contributed by atoms with Gasteiger partial charge in [0.05, 0.1) is 22.3 Å². The van der Waals surface area contributed by atoms with Gasteiger partial charge in [0.25, 0.3) is 5.69 Å². The number of nitrogens with zero attached hydrogens (tertiary/aromatic N) is 2. The van der Waals surface area contributed by atoms with Gasteiger partial charge in [-0.05, 0) is 48.1 Å². The number of ketones is 1. The average molecular weight is 429 g/mol. The Morgan fingerprint density at radius 1 is 1.19 bits per heavy atom. The number of nitro groups is 1. The van der Waals surface area contributed by atoms with E-state index in [1.54, 1.807) is 24.3 Å². The van der Waals surface area contributed by atoms with E-state index < -0.39 is 4.92 Å². The molecule has 1 saturated carbocycles. The molecule has 0 aromatic heterocycles. The molecular formula is C25H23N3O4. The number of carbonyl (C=O) groups excluding carboxylic acids is 1. The number of anilines is 1. The molecule has 2 unspecified atom stereocenters. The predicted molar refractivity (Wildman–Crippen MR) is 123 cm³/mol. The van der Waals surface area contributed by atoms with E-state index in [0.29, 0.717) is 17.1 Å². The van der Waals surface area contributed by atoms with Gasteiger partial charge in [-0.25, -0.2) is 4.99 Å². The molecule has 2 aliphatic carbocycles. The van der Waals surface area contributed by atoms with Gasteiger partial charge < -0.3 is 10.4 Å². The predicted octanol–water partition coefficient (Wildman–Crippen LogP) is 5.20. The first-order chi connectivity index (χ1) is 15.2. The standard InChI is InChI=1S/C25H23N3O4/c1-25(2)11-10-17-19(13-25)22-18(12-14-4-3-5-20(29)21(14)27-22)23(24(17)30)26-15-6-8-16(9-7-15)28(31)32/h3-9,12-13,17,22,27,29H,10-11H2,1-2H3. The van der Waals surface area contributed by atoms with E-state index in [2.05, 4.69) is 30.2 Å². The van der Waals surface area contributed by atoms with Gasteiger partial charge in [-0.15, -0.1) is 0 Å². The lowest BCUT2D eigenvalue weighted by molar-refractivity contribution is -0.384. The zero-order valence-electron chi connectivity index (χ0n) is 17.8. The largest absolute Gasteiger partial charge is 0.506 e. The molecule has 1 fully saturated rings. The number of benzene rings is 2. The molecule has 2 aromatic carbocycles. The van der Waals surface area contributed by atoms with Gasteiger partial charge in [0.15, 0.2) is 5.78 Å². The van der Waals surface area contributed by atoms with Gasteiger partial charge in [-0.1, -0.05) is 32.1 Å². The van der Waals surface area contributed by atoms with Gasteiger partial charge in [0.2, 0.25) is 0 Å². The maximum Gasteiger partial charge on any atom is 0.269 e. The summed E-state index contributed by atoms with van der Waals surface area (Å²) in [4.78, 5) is 28.7. The van der Waals surface area contributed by atoms with Crippen molar-refractivity contribution in [3.63, 3.8) is 0 Å². The van der Waals surface area contributed by atoms with Crippen molar-refractivity contribution in [2.45, 2.75) is 32.7 Å². The Hall–Kier alpha value is -3.74. The molecule has 0 saturated heterocycles. The van der Waals surface area contributed by atoms with Crippen LogP contribution in [0.4, 0.5) is 17.1 Å². The minimum absolute atomic E-state index is 0.0229. The van der Waals surface area contributed by atoms with E-state index in [-0.39, 0.29) is 34.6 Å². The maximum atomic E-state index is 13.6. The molecule has 7 heteroatoms. The molecule has 0 bridgehead atoms. The van der Waals surface area contributed by atoms with Crippen molar-refractivity contribution >= 4 is 34.6 Å². The van der Waals surface area contributed by atoms with Crippen LogP contribution in [-0.4, -0.2) is 27.6 Å². The second-order valence-corrected chi connectivity index (χ2v) is 9.24. The minimum atomic E-state index is -0.462. The number of non-ortho nitro benzene ring substituents is 1. The van der Waals surface area contributed by atoms with Gasteiger partial charge in [-0.3, -0.25) is 14.9 Å². The summed E-state index contributed by atoms with van der Waals surface area (Å²) in [6, 6.07) is 10.9. The summed E-state index contributed by atoms with van der Waals surface area (Å²) in [6.07, 6.45) is 5.73. The van der Waals surface area contributed by atoms with Crippen LogP contribution in [0, 0.1) is 21.4 Å². The quantitative estimate of drug-likeness (QED) is 0.296. The van der Waals surface area contributed by atoms with Gasteiger partial charge in [0.1, 0.15) is 11.5 Å². The summed E-state index contributed by atoms with van der Waals surface area (Å²) in [5.41, 5.74) is 4.02. The number of aliphatic imine (C=N–C) groups is 1. The number of nitrogens with one attached hydrogen (secondary N) is 1. The highest BCUT2D eigenvalue weighted by atomic mass is 16.6. The van der Waals surface area contributed by atoms with Crippen molar-refractivity contribution in [2.75, 3.05) is 5.32 Å². The van der Waals surface area contributed by atoms with Crippen LogP contribution in [0.5, 0.6) is 5.75 Å². The summed E-state index contributed by atoms with van der Waals surface area (Å²) in [5, 5.41) is 24.8. The number of phenolic OH excluding ortho intramolecular Hbond substituents is 1. The molecule has 1 aliphatic heterocycles. The number of Topliss-reactive ketones (excluding diaryl/α,β-unsaturated/α-hetero) is 1. The van der Waals surface area contributed by atoms with E-state index in [1.165, 1.54) is 12.1 Å². The summed E-state index contributed by atoms with van der Waals surface area (Å²) < 4.78 is 0. The smallest absolute Gasteiger partial charge is 0.269 e. The Labute approximate surface area is 185 Å². The van der Waals surface area contributed by atoms with Gasteiger partial charge >= 0.3 is 0 Å². The van der Waals surface area contributed by atoms with Crippen LogP contribution in [0.1, 0.15) is 32.3 Å². The molecule has 2 aromatic rings. The molecule has 32 heavy (non-hydrogen) atoms.